The van der Waals surface area contributed by atoms with Crippen LogP contribution in [0.25, 0.3) is 0 Å². The van der Waals surface area contributed by atoms with Crippen molar-refractivity contribution in [1.82, 2.24) is 0 Å². The Bertz CT molecular complexity index is 123. The zero-order valence-electron chi connectivity index (χ0n) is 7.26. The van der Waals surface area contributed by atoms with Crippen molar-refractivity contribution in [3.05, 3.63) is 0 Å². The van der Waals surface area contributed by atoms with E-state index in [0.717, 1.165) is 6.42 Å². The van der Waals surface area contributed by atoms with Crippen molar-refractivity contribution in [3.63, 3.8) is 0 Å². The molecule has 66 valence electrons. The quantitative estimate of drug-likeness (QED) is 0.541. The van der Waals surface area contributed by atoms with Crippen LogP contribution in [0.4, 0.5) is 0 Å². The lowest BCUT2D eigenvalue weighted by atomic mass is 10.2. The Kier molecular flexibility index (Phi) is 5.56. The third-order valence-electron chi connectivity index (χ3n) is 1.22. The van der Waals surface area contributed by atoms with Gasteiger partial charge in [0, 0.05) is 12.3 Å². The Labute approximate surface area is 76.4 Å². The highest BCUT2D eigenvalue weighted by Crippen LogP contribution is 2.14. The van der Waals surface area contributed by atoms with Crippen molar-refractivity contribution in [1.29, 1.82) is 0 Å². The molecule has 0 fully saturated rings. The van der Waals surface area contributed by atoms with Crippen LogP contribution in [0, 0.1) is 5.92 Å². The lowest BCUT2D eigenvalue weighted by molar-refractivity contribution is -0.146. The van der Waals surface area contributed by atoms with Gasteiger partial charge >= 0.3 is 5.97 Å². The summed E-state index contributed by atoms with van der Waals surface area (Å²) in [5.41, 5.74) is 0. The standard InChI is InChI=1S/C8H15BrO2/c1-4-5-7(10)11-8(9)6(2)3/h6,8H,4-5H2,1-3H3. The van der Waals surface area contributed by atoms with Crippen molar-refractivity contribution in [2.75, 3.05) is 0 Å². The van der Waals surface area contributed by atoms with Crippen LogP contribution in [0.5, 0.6) is 0 Å². The average molecular weight is 223 g/mol. The molecule has 0 rings (SSSR count). The molecule has 0 amide bonds. The maximum Gasteiger partial charge on any atom is 0.306 e. The van der Waals surface area contributed by atoms with Crippen molar-refractivity contribution in [2.24, 2.45) is 5.92 Å². The van der Waals surface area contributed by atoms with Crippen LogP contribution in [0.2, 0.25) is 0 Å². The molecule has 0 saturated heterocycles. The summed E-state index contributed by atoms with van der Waals surface area (Å²) in [6.07, 6.45) is 1.35. The Morgan fingerprint density at radius 3 is 2.45 bits per heavy atom. The van der Waals surface area contributed by atoms with Gasteiger partial charge in [-0.15, -0.1) is 0 Å². The number of rotatable bonds is 4. The monoisotopic (exact) mass is 222 g/mol. The van der Waals surface area contributed by atoms with Crippen LogP contribution in [-0.2, 0) is 9.53 Å². The fraction of sp³-hybridized carbons (Fsp3) is 0.875. The minimum absolute atomic E-state index is 0.122. The van der Waals surface area contributed by atoms with Crippen molar-refractivity contribution in [3.8, 4) is 0 Å². The molecule has 1 unspecified atom stereocenters. The van der Waals surface area contributed by atoms with Crippen molar-refractivity contribution in [2.45, 2.75) is 38.6 Å². The first-order chi connectivity index (χ1) is 5.07. The number of halogens is 1. The highest BCUT2D eigenvalue weighted by atomic mass is 79.9. The van der Waals surface area contributed by atoms with Gasteiger partial charge in [0.05, 0.1) is 0 Å². The molecule has 0 bridgehead atoms. The van der Waals surface area contributed by atoms with Crippen LogP contribution in [-0.4, -0.2) is 11.0 Å². The van der Waals surface area contributed by atoms with E-state index in [-0.39, 0.29) is 11.0 Å². The van der Waals surface area contributed by atoms with Gasteiger partial charge in [0.2, 0.25) is 0 Å². The summed E-state index contributed by atoms with van der Waals surface area (Å²) in [6.45, 7) is 5.96. The van der Waals surface area contributed by atoms with E-state index in [0.29, 0.717) is 12.3 Å². The van der Waals surface area contributed by atoms with Crippen molar-refractivity contribution >= 4 is 21.9 Å². The van der Waals surface area contributed by atoms with E-state index >= 15 is 0 Å². The molecular formula is C8H15BrO2. The summed E-state index contributed by atoms with van der Waals surface area (Å²) in [4.78, 5) is 10.9. The summed E-state index contributed by atoms with van der Waals surface area (Å²) in [7, 11) is 0. The molecule has 0 saturated carbocycles. The molecule has 1 atom stereocenters. The van der Waals surface area contributed by atoms with Crippen LogP contribution in [0.3, 0.4) is 0 Å². The van der Waals surface area contributed by atoms with E-state index < -0.39 is 0 Å². The Morgan fingerprint density at radius 2 is 2.09 bits per heavy atom. The first kappa shape index (κ1) is 11.0. The maximum absolute atomic E-state index is 10.9. The van der Waals surface area contributed by atoms with Crippen molar-refractivity contribution < 1.29 is 9.53 Å². The number of carbonyl (C=O) groups excluding carboxylic acids is 1. The average Bonchev–Trinajstić information content (AvgIpc) is 1.87. The van der Waals surface area contributed by atoms with E-state index in [1.807, 2.05) is 20.8 Å². The molecule has 0 spiro atoms. The molecule has 0 heterocycles. The Balaban J connectivity index is 3.57. The predicted octanol–water partition coefficient (Wildman–Crippen LogP) is 2.71. The number of hydrogen-bond acceptors (Lipinski definition) is 2. The van der Waals surface area contributed by atoms with Gasteiger partial charge in [0.25, 0.3) is 0 Å². The number of ether oxygens (including phenoxy) is 1. The molecule has 0 aliphatic heterocycles. The van der Waals surface area contributed by atoms with Gasteiger partial charge in [0.15, 0.2) is 5.01 Å². The van der Waals surface area contributed by atoms with Gasteiger partial charge in [-0.05, 0) is 22.4 Å². The Morgan fingerprint density at radius 1 is 1.55 bits per heavy atom. The van der Waals surface area contributed by atoms with Gasteiger partial charge in [0.1, 0.15) is 0 Å². The van der Waals surface area contributed by atoms with Crippen LogP contribution < -0.4 is 0 Å². The molecule has 0 aromatic carbocycles. The van der Waals surface area contributed by atoms with Gasteiger partial charge in [-0.1, -0.05) is 20.8 Å². The number of hydrogen-bond donors (Lipinski definition) is 0. The topological polar surface area (TPSA) is 26.3 Å². The highest BCUT2D eigenvalue weighted by Gasteiger charge is 2.13. The summed E-state index contributed by atoms with van der Waals surface area (Å²) >= 11 is 3.27. The summed E-state index contributed by atoms with van der Waals surface area (Å²) < 4.78 is 5.03. The molecule has 0 radical (unpaired) electrons. The molecule has 11 heavy (non-hydrogen) atoms. The molecule has 2 nitrogen and oxygen atoms in total. The van der Waals surface area contributed by atoms with E-state index in [1.54, 1.807) is 0 Å². The largest absolute Gasteiger partial charge is 0.450 e. The minimum atomic E-state index is -0.137. The van der Waals surface area contributed by atoms with E-state index in [9.17, 15) is 4.79 Å². The van der Waals surface area contributed by atoms with Gasteiger partial charge < -0.3 is 4.74 Å². The fourth-order valence-electron chi connectivity index (χ4n) is 0.525. The molecule has 0 aromatic rings. The third-order valence-corrected chi connectivity index (χ3v) is 2.47. The predicted molar refractivity (Wildman–Crippen MR) is 48.6 cm³/mol. The summed E-state index contributed by atoms with van der Waals surface area (Å²) in [5, 5.41) is -0.137. The highest BCUT2D eigenvalue weighted by molar-refractivity contribution is 9.09. The number of carbonyl (C=O) groups is 1. The first-order valence-corrected chi connectivity index (χ1v) is 4.83. The second-order valence-corrected chi connectivity index (χ2v) is 3.74. The minimum Gasteiger partial charge on any atom is -0.450 e. The lowest BCUT2D eigenvalue weighted by Crippen LogP contribution is -2.16. The smallest absolute Gasteiger partial charge is 0.306 e. The van der Waals surface area contributed by atoms with Crippen LogP contribution in [0.15, 0.2) is 0 Å². The van der Waals surface area contributed by atoms with E-state index in [4.69, 9.17) is 4.74 Å². The molecule has 3 heteroatoms. The molecule has 0 aliphatic carbocycles. The van der Waals surface area contributed by atoms with Crippen LogP contribution >= 0.6 is 15.9 Å². The molecule has 0 N–H and O–H groups in total. The lowest BCUT2D eigenvalue weighted by Gasteiger charge is -2.14. The second-order valence-electron chi connectivity index (χ2n) is 2.84. The van der Waals surface area contributed by atoms with Gasteiger partial charge in [-0.2, -0.15) is 0 Å². The molecular weight excluding hydrogens is 208 g/mol. The van der Waals surface area contributed by atoms with Gasteiger partial charge in [-0.3, -0.25) is 4.79 Å². The number of esters is 1. The summed E-state index contributed by atoms with van der Waals surface area (Å²) in [6, 6.07) is 0. The SMILES string of the molecule is CCCC(=O)OC(Br)C(C)C. The zero-order chi connectivity index (χ0) is 8.85. The summed E-state index contributed by atoms with van der Waals surface area (Å²) in [5.74, 6) is 0.207. The second kappa shape index (κ2) is 5.58. The zero-order valence-corrected chi connectivity index (χ0v) is 8.85. The normalized spacial score (nSPS) is 13.2. The number of alkyl halides is 1. The van der Waals surface area contributed by atoms with E-state index in [2.05, 4.69) is 15.9 Å². The maximum atomic E-state index is 10.9. The molecule has 0 aromatic heterocycles. The first-order valence-electron chi connectivity index (χ1n) is 3.91. The van der Waals surface area contributed by atoms with E-state index in [1.165, 1.54) is 0 Å². The van der Waals surface area contributed by atoms with Crippen LogP contribution in [0.1, 0.15) is 33.6 Å². The fourth-order valence-corrected chi connectivity index (χ4v) is 0.733. The Hall–Kier alpha value is -0.0500. The third kappa shape index (κ3) is 5.24. The van der Waals surface area contributed by atoms with Gasteiger partial charge in [-0.25, -0.2) is 0 Å². The molecule has 0 aliphatic rings.